The van der Waals surface area contributed by atoms with E-state index in [1.807, 2.05) is 48.5 Å². The van der Waals surface area contributed by atoms with Gasteiger partial charge in [-0.05, 0) is 47.4 Å². The van der Waals surface area contributed by atoms with Gasteiger partial charge in [0.25, 0.3) is 0 Å². The third-order valence-corrected chi connectivity index (χ3v) is 4.87. The molecule has 1 N–H and O–H groups in total. The molecule has 0 saturated heterocycles. The summed E-state index contributed by atoms with van der Waals surface area (Å²) in [5, 5.41) is 10.3. The number of hydrogen-bond donors (Lipinski definition) is 1. The number of rotatable bonds is 7. The van der Waals surface area contributed by atoms with Crippen LogP contribution in [-0.4, -0.2) is 17.2 Å². The van der Waals surface area contributed by atoms with Gasteiger partial charge < -0.3 is 14.6 Å². The lowest BCUT2D eigenvalue weighted by Gasteiger charge is -2.25. The monoisotopic (exact) mass is 424 g/mol. The van der Waals surface area contributed by atoms with Crippen LogP contribution in [0.15, 0.2) is 72.8 Å². The van der Waals surface area contributed by atoms with Crippen LogP contribution in [0.4, 0.5) is 0 Å². The highest BCUT2D eigenvalue weighted by molar-refractivity contribution is 6.30. The van der Waals surface area contributed by atoms with E-state index in [1.54, 1.807) is 24.3 Å². The summed E-state index contributed by atoms with van der Waals surface area (Å²) in [5.74, 6) is 0.714. The van der Waals surface area contributed by atoms with Crippen molar-refractivity contribution in [1.82, 2.24) is 0 Å². The fourth-order valence-electron chi connectivity index (χ4n) is 3.14. The van der Waals surface area contributed by atoms with Crippen molar-refractivity contribution in [2.24, 2.45) is 0 Å². The molecule has 156 valence electrons. The van der Waals surface area contributed by atoms with E-state index in [0.717, 1.165) is 5.56 Å². The van der Waals surface area contributed by atoms with E-state index in [2.05, 4.69) is 20.8 Å². The number of carboxylic acid groups (broad SMARTS) is 1. The largest absolute Gasteiger partial charge is 0.478 e. The number of halogens is 1. The summed E-state index contributed by atoms with van der Waals surface area (Å²) >= 11 is 6.18. The fraction of sp³-hybridized carbons (Fsp3) is 0.240. The highest BCUT2D eigenvalue weighted by atomic mass is 35.5. The van der Waals surface area contributed by atoms with Crippen molar-refractivity contribution in [3.8, 4) is 17.2 Å². The second kappa shape index (κ2) is 9.23. The Morgan fingerprint density at radius 2 is 1.63 bits per heavy atom. The molecular formula is C25H25ClO4. The van der Waals surface area contributed by atoms with Gasteiger partial charge in [0.1, 0.15) is 17.2 Å². The number of aliphatic carboxylic acids is 1. The number of carboxylic acids is 1. The summed E-state index contributed by atoms with van der Waals surface area (Å²) in [6, 6.07) is 22.0. The Kier molecular flexibility index (Phi) is 6.68. The van der Waals surface area contributed by atoms with Crippen molar-refractivity contribution < 1.29 is 19.4 Å². The molecule has 5 heteroatoms. The van der Waals surface area contributed by atoms with Crippen LogP contribution < -0.4 is 9.47 Å². The number of para-hydroxylation sites is 2. The number of carbonyl (C=O) groups is 1. The van der Waals surface area contributed by atoms with Gasteiger partial charge >= 0.3 is 5.97 Å². The van der Waals surface area contributed by atoms with Gasteiger partial charge in [-0.3, -0.25) is 0 Å². The van der Waals surface area contributed by atoms with Crippen molar-refractivity contribution in [1.29, 1.82) is 0 Å². The van der Waals surface area contributed by atoms with Crippen molar-refractivity contribution in [3.05, 3.63) is 88.9 Å². The van der Waals surface area contributed by atoms with Crippen LogP contribution in [0.2, 0.25) is 5.02 Å². The molecule has 0 fully saturated rings. The van der Waals surface area contributed by atoms with Gasteiger partial charge in [-0.1, -0.05) is 68.8 Å². The first-order chi connectivity index (χ1) is 14.2. The van der Waals surface area contributed by atoms with Gasteiger partial charge in [0.15, 0.2) is 6.10 Å². The summed E-state index contributed by atoms with van der Waals surface area (Å²) in [6.07, 6.45) is -0.985. The lowest BCUT2D eigenvalue weighted by molar-refractivity contribution is -0.145. The fourth-order valence-corrected chi connectivity index (χ4v) is 3.34. The van der Waals surface area contributed by atoms with Gasteiger partial charge in [-0.15, -0.1) is 0 Å². The molecule has 3 aromatic rings. The zero-order chi connectivity index (χ0) is 21.7. The van der Waals surface area contributed by atoms with Crippen molar-refractivity contribution in [2.75, 3.05) is 0 Å². The van der Waals surface area contributed by atoms with E-state index in [0.29, 0.717) is 27.8 Å². The normalized spacial score (nSPS) is 12.3. The van der Waals surface area contributed by atoms with Crippen LogP contribution in [0.1, 0.15) is 31.9 Å². The van der Waals surface area contributed by atoms with Gasteiger partial charge in [0, 0.05) is 17.0 Å². The first-order valence-corrected chi connectivity index (χ1v) is 10.1. The maximum atomic E-state index is 12.0. The highest BCUT2D eigenvalue weighted by Gasteiger charge is 2.26. The zero-order valence-electron chi connectivity index (χ0n) is 17.3. The number of hydrogen-bond acceptors (Lipinski definition) is 3. The molecule has 0 heterocycles. The highest BCUT2D eigenvalue weighted by Crippen LogP contribution is 2.33. The maximum absolute atomic E-state index is 12.0. The first-order valence-electron chi connectivity index (χ1n) is 9.74. The molecule has 1 atom stereocenters. The first kappa shape index (κ1) is 21.7. The third-order valence-electron chi connectivity index (χ3n) is 4.64. The smallest absolute Gasteiger partial charge is 0.345 e. The zero-order valence-corrected chi connectivity index (χ0v) is 18.0. The van der Waals surface area contributed by atoms with Crippen molar-refractivity contribution in [2.45, 2.75) is 38.7 Å². The lowest BCUT2D eigenvalue weighted by atomic mass is 9.86. The Hall–Kier alpha value is -2.98. The van der Waals surface area contributed by atoms with Gasteiger partial charge in [0.05, 0.1) is 0 Å². The Balaban J connectivity index is 1.90. The van der Waals surface area contributed by atoms with Crippen LogP contribution in [0, 0.1) is 0 Å². The van der Waals surface area contributed by atoms with Crippen LogP contribution in [0.25, 0.3) is 0 Å². The molecular weight excluding hydrogens is 400 g/mol. The van der Waals surface area contributed by atoms with Crippen molar-refractivity contribution >= 4 is 17.6 Å². The molecule has 3 rings (SSSR count). The summed E-state index contributed by atoms with van der Waals surface area (Å²) in [5.41, 5.74) is 1.42. The van der Waals surface area contributed by atoms with E-state index in [-0.39, 0.29) is 11.8 Å². The molecule has 0 aliphatic heterocycles. The molecule has 0 aliphatic rings. The Morgan fingerprint density at radius 1 is 0.967 bits per heavy atom. The average molecular weight is 425 g/mol. The topological polar surface area (TPSA) is 55.8 Å². The van der Waals surface area contributed by atoms with E-state index < -0.39 is 12.1 Å². The molecule has 3 aromatic carbocycles. The van der Waals surface area contributed by atoms with Gasteiger partial charge in [-0.2, -0.15) is 0 Å². The van der Waals surface area contributed by atoms with Crippen LogP contribution in [0.5, 0.6) is 17.2 Å². The minimum absolute atomic E-state index is 0.108. The quantitative estimate of drug-likeness (QED) is 0.470. The van der Waals surface area contributed by atoms with Crippen LogP contribution in [0.3, 0.4) is 0 Å². The van der Waals surface area contributed by atoms with Gasteiger partial charge in [-0.25, -0.2) is 4.79 Å². The Bertz CT molecular complexity index is 1010. The van der Waals surface area contributed by atoms with E-state index in [4.69, 9.17) is 21.1 Å². The minimum Gasteiger partial charge on any atom is -0.478 e. The van der Waals surface area contributed by atoms with Gasteiger partial charge in [0.2, 0.25) is 0 Å². The predicted octanol–water partition coefficient (Wildman–Crippen LogP) is 6.50. The van der Waals surface area contributed by atoms with Crippen LogP contribution >= 0.6 is 11.6 Å². The Labute approximate surface area is 182 Å². The second-order valence-corrected chi connectivity index (χ2v) is 8.50. The second-order valence-electron chi connectivity index (χ2n) is 8.06. The summed E-state index contributed by atoms with van der Waals surface area (Å²) in [4.78, 5) is 12.0. The Morgan fingerprint density at radius 3 is 2.30 bits per heavy atom. The lowest BCUT2D eigenvalue weighted by Crippen LogP contribution is -2.30. The molecule has 0 spiro atoms. The number of ether oxygens (including phenoxy) is 2. The molecule has 0 aromatic heterocycles. The molecule has 0 aliphatic carbocycles. The van der Waals surface area contributed by atoms with Crippen molar-refractivity contribution in [3.63, 3.8) is 0 Å². The third kappa shape index (κ3) is 5.55. The molecule has 0 unspecified atom stereocenters. The summed E-state index contributed by atoms with van der Waals surface area (Å²) < 4.78 is 12.0. The standard InChI is InChI=1S/C25H25ClO4/c1-25(2,3)20-11-7-8-12-22(20)30-23(24(27)28)16-17-15-18(26)13-14-21(17)29-19-9-5-4-6-10-19/h4-15,23H,16H2,1-3H3,(H,27,28)/t23-/m0/s1. The van der Waals surface area contributed by atoms with E-state index in [9.17, 15) is 9.90 Å². The molecule has 0 saturated carbocycles. The number of benzene rings is 3. The molecule has 0 bridgehead atoms. The minimum atomic E-state index is -1.09. The summed E-state index contributed by atoms with van der Waals surface area (Å²) in [6.45, 7) is 6.19. The average Bonchev–Trinajstić information content (AvgIpc) is 2.70. The maximum Gasteiger partial charge on any atom is 0.345 e. The van der Waals surface area contributed by atoms with E-state index in [1.165, 1.54) is 0 Å². The molecule has 0 radical (unpaired) electrons. The predicted molar refractivity (Wildman–Crippen MR) is 119 cm³/mol. The van der Waals surface area contributed by atoms with E-state index >= 15 is 0 Å². The molecule has 4 nitrogen and oxygen atoms in total. The van der Waals surface area contributed by atoms with Crippen LogP contribution in [-0.2, 0) is 16.6 Å². The molecule has 0 amide bonds. The SMILES string of the molecule is CC(C)(C)c1ccccc1O[C@@H](Cc1cc(Cl)ccc1Oc1ccccc1)C(=O)O. The summed E-state index contributed by atoms with van der Waals surface area (Å²) in [7, 11) is 0. The molecule has 30 heavy (non-hydrogen) atoms.